The van der Waals surface area contributed by atoms with E-state index >= 15 is 0 Å². The Bertz CT molecular complexity index is 1340. The number of benzene rings is 1. The third-order valence-corrected chi connectivity index (χ3v) is 6.67. The van der Waals surface area contributed by atoms with Gasteiger partial charge in [-0.05, 0) is 42.3 Å². The fourth-order valence-electron chi connectivity index (χ4n) is 3.46. The average Bonchev–Trinajstić information content (AvgIpc) is 3.11. The predicted molar refractivity (Wildman–Crippen MR) is 138 cm³/mol. The molecule has 10 heteroatoms. The molecule has 0 bridgehead atoms. The highest BCUT2D eigenvalue weighted by molar-refractivity contribution is 8.26. The van der Waals surface area contributed by atoms with Crippen molar-refractivity contribution in [3.05, 3.63) is 74.5 Å². The molecule has 3 heterocycles. The molecule has 3 aromatic rings. The summed E-state index contributed by atoms with van der Waals surface area (Å²) < 4.78 is 12.2. The van der Waals surface area contributed by atoms with Crippen molar-refractivity contribution in [3.8, 4) is 5.75 Å². The summed E-state index contributed by atoms with van der Waals surface area (Å²) in [6.07, 6.45) is 3.31. The number of aryl methyl sites for hydroxylation is 1. The van der Waals surface area contributed by atoms with Crippen LogP contribution in [0.4, 0.5) is 5.82 Å². The summed E-state index contributed by atoms with van der Waals surface area (Å²) in [4.78, 5) is 32.9. The van der Waals surface area contributed by atoms with Crippen LogP contribution in [0, 0.1) is 6.92 Å². The summed E-state index contributed by atoms with van der Waals surface area (Å²) in [5.74, 6) is 0.908. The number of carbonyl (C=O) groups is 1. The Hall–Kier alpha value is -3.21. The van der Waals surface area contributed by atoms with Gasteiger partial charge in [0.1, 0.15) is 21.5 Å². The minimum Gasteiger partial charge on any atom is -0.497 e. The minimum absolute atomic E-state index is 0.248. The van der Waals surface area contributed by atoms with Crippen LogP contribution >= 0.6 is 24.0 Å². The Labute approximate surface area is 206 Å². The first kappa shape index (κ1) is 23.9. The van der Waals surface area contributed by atoms with E-state index in [4.69, 9.17) is 21.7 Å². The number of carbonyl (C=O) groups excluding carboxylic acids is 1. The number of aromatic nitrogens is 2. The monoisotopic (exact) mass is 496 g/mol. The number of thiocarbonyl (C=S) groups is 1. The molecule has 0 saturated carbocycles. The molecule has 1 N–H and O–H groups in total. The summed E-state index contributed by atoms with van der Waals surface area (Å²) in [5.41, 5.74) is 2.45. The van der Waals surface area contributed by atoms with E-state index in [2.05, 4.69) is 10.3 Å². The lowest BCUT2D eigenvalue weighted by Crippen LogP contribution is -2.31. The molecule has 8 nitrogen and oxygen atoms in total. The van der Waals surface area contributed by atoms with Gasteiger partial charge in [0, 0.05) is 19.9 Å². The highest BCUT2D eigenvalue weighted by Gasteiger charge is 2.32. The minimum atomic E-state index is -0.270. The summed E-state index contributed by atoms with van der Waals surface area (Å²) in [6.45, 7) is 3.07. The number of pyridine rings is 1. The van der Waals surface area contributed by atoms with Gasteiger partial charge in [-0.3, -0.25) is 18.9 Å². The van der Waals surface area contributed by atoms with Gasteiger partial charge in [-0.1, -0.05) is 42.2 Å². The van der Waals surface area contributed by atoms with Gasteiger partial charge in [-0.25, -0.2) is 4.98 Å². The first-order valence-electron chi connectivity index (χ1n) is 10.6. The second kappa shape index (κ2) is 10.4. The molecule has 0 radical (unpaired) electrons. The Morgan fingerprint density at radius 3 is 2.62 bits per heavy atom. The number of hydrogen-bond donors (Lipinski definition) is 1. The smallest absolute Gasteiger partial charge is 0.267 e. The zero-order valence-corrected chi connectivity index (χ0v) is 20.7. The van der Waals surface area contributed by atoms with Crippen molar-refractivity contribution in [1.29, 1.82) is 0 Å². The Morgan fingerprint density at radius 2 is 1.91 bits per heavy atom. The number of anilines is 1. The van der Waals surface area contributed by atoms with Gasteiger partial charge in [-0.15, -0.1) is 0 Å². The van der Waals surface area contributed by atoms with Crippen LogP contribution in [0.25, 0.3) is 11.7 Å². The molecular formula is C24H24N4O4S2. The number of ether oxygens (including phenoxy) is 2. The van der Waals surface area contributed by atoms with Gasteiger partial charge in [-0.2, -0.15) is 0 Å². The first-order chi connectivity index (χ1) is 16.4. The quantitative estimate of drug-likeness (QED) is 0.375. The molecule has 0 unspecified atom stereocenters. The van der Waals surface area contributed by atoms with Gasteiger partial charge >= 0.3 is 0 Å². The fraction of sp³-hybridized carbons (Fsp3) is 0.250. The molecule has 176 valence electrons. The molecule has 1 aliphatic heterocycles. The van der Waals surface area contributed by atoms with Crippen LogP contribution in [0.1, 0.15) is 16.7 Å². The molecule has 34 heavy (non-hydrogen) atoms. The molecule has 0 atom stereocenters. The van der Waals surface area contributed by atoms with E-state index < -0.39 is 0 Å². The summed E-state index contributed by atoms with van der Waals surface area (Å²) in [6, 6.07) is 11.3. The predicted octanol–water partition coefficient (Wildman–Crippen LogP) is 3.47. The number of amides is 1. The van der Waals surface area contributed by atoms with Crippen molar-refractivity contribution < 1.29 is 14.3 Å². The van der Waals surface area contributed by atoms with Gasteiger partial charge < -0.3 is 14.8 Å². The Balaban J connectivity index is 1.73. The van der Waals surface area contributed by atoms with E-state index in [1.165, 1.54) is 21.1 Å². The average molecular weight is 497 g/mol. The van der Waals surface area contributed by atoms with Crippen LogP contribution in [0.3, 0.4) is 0 Å². The van der Waals surface area contributed by atoms with Crippen molar-refractivity contribution in [2.75, 3.05) is 32.7 Å². The van der Waals surface area contributed by atoms with E-state index in [1.54, 1.807) is 32.6 Å². The van der Waals surface area contributed by atoms with Crippen LogP contribution < -0.4 is 15.6 Å². The van der Waals surface area contributed by atoms with E-state index in [9.17, 15) is 9.59 Å². The lowest BCUT2D eigenvalue weighted by molar-refractivity contribution is -0.122. The fourth-order valence-corrected chi connectivity index (χ4v) is 4.75. The molecule has 0 aliphatic carbocycles. The number of methoxy groups -OCH3 is 2. The maximum absolute atomic E-state index is 13.5. The second-order valence-electron chi connectivity index (χ2n) is 7.64. The number of rotatable bonds is 8. The van der Waals surface area contributed by atoms with Crippen molar-refractivity contribution in [2.24, 2.45) is 0 Å². The summed E-state index contributed by atoms with van der Waals surface area (Å²) in [5, 5.41) is 3.26. The van der Waals surface area contributed by atoms with Crippen LogP contribution in [0.2, 0.25) is 0 Å². The second-order valence-corrected chi connectivity index (χ2v) is 9.32. The van der Waals surface area contributed by atoms with Crippen molar-refractivity contribution in [1.82, 2.24) is 14.3 Å². The topological polar surface area (TPSA) is 85.2 Å². The molecule has 2 aromatic heterocycles. The molecular weight excluding hydrogens is 472 g/mol. The highest BCUT2D eigenvalue weighted by Crippen LogP contribution is 2.33. The van der Waals surface area contributed by atoms with Gasteiger partial charge in [0.05, 0.1) is 30.7 Å². The van der Waals surface area contributed by atoms with Crippen LogP contribution in [0.15, 0.2) is 52.3 Å². The SMILES string of the molecule is COCCN1C(=O)/C(=C/c2c(NCc3ccc(OC)cc3)nc3ccc(C)cn3c2=O)SC1=S. The normalized spacial score (nSPS) is 14.9. The zero-order chi connectivity index (χ0) is 24.2. The molecule has 1 fully saturated rings. The number of nitrogens with one attached hydrogen (secondary N) is 1. The van der Waals surface area contributed by atoms with E-state index in [0.29, 0.717) is 46.0 Å². The highest BCUT2D eigenvalue weighted by atomic mass is 32.2. The number of hydrogen-bond acceptors (Lipinski definition) is 8. The third-order valence-electron chi connectivity index (χ3n) is 5.29. The lowest BCUT2D eigenvalue weighted by atomic mass is 10.2. The third kappa shape index (κ3) is 4.98. The maximum Gasteiger partial charge on any atom is 0.267 e. The van der Waals surface area contributed by atoms with Crippen LogP contribution in [-0.2, 0) is 16.1 Å². The molecule has 1 aromatic carbocycles. The largest absolute Gasteiger partial charge is 0.497 e. The molecule has 1 saturated heterocycles. The standard InChI is InChI=1S/C24H24N4O4S2/c1-15-4-9-20-26-21(25-13-16-5-7-17(32-3)8-6-16)18(22(29)28(20)14-15)12-19-23(30)27(10-11-31-2)24(33)34-19/h4-9,12,14,25H,10-11,13H2,1-3H3/b19-12-. The zero-order valence-electron chi connectivity index (χ0n) is 19.0. The molecule has 0 spiro atoms. The van der Waals surface area contributed by atoms with Crippen LogP contribution in [0.5, 0.6) is 5.75 Å². The number of thioether (sulfide) groups is 1. The van der Waals surface area contributed by atoms with E-state index in [0.717, 1.165) is 16.9 Å². The Morgan fingerprint density at radius 1 is 1.15 bits per heavy atom. The molecule has 4 rings (SSSR count). The van der Waals surface area contributed by atoms with Gasteiger partial charge in [0.25, 0.3) is 11.5 Å². The first-order valence-corrected chi connectivity index (χ1v) is 11.8. The summed E-state index contributed by atoms with van der Waals surface area (Å²) in [7, 11) is 3.18. The van der Waals surface area contributed by atoms with Crippen molar-refractivity contribution >= 4 is 51.7 Å². The van der Waals surface area contributed by atoms with E-state index in [1.807, 2.05) is 37.3 Å². The number of fused-ring (bicyclic) bond motifs is 1. The van der Waals surface area contributed by atoms with Crippen LogP contribution in [-0.4, -0.2) is 51.9 Å². The Kier molecular flexibility index (Phi) is 7.30. The maximum atomic E-state index is 13.5. The van der Waals surface area contributed by atoms with E-state index in [-0.39, 0.29) is 11.5 Å². The molecule has 1 aliphatic rings. The number of nitrogens with zero attached hydrogens (tertiary/aromatic N) is 3. The van der Waals surface area contributed by atoms with Gasteiger partial charge in [0.2, 0.25) is 0 Å². The van der Waals surface area contributed by atoms with Gasteiger partial charge in [0.15, 0.2) is 0 Å². The lowest BCUT2D eigenvalue weighted by Gasteiger charge is -2.13. The molecule has 1 amide bonds. The summed E-state index contributed by atoms with van der Waals surface area (Å²) >= 11 is 6.53. The van der Waals surface area contributed by atoms with Crippen molar-refractivity contribution in [3.63, 3.8) is 0 Å². The van der Waals surface area contributed by atoms with Crippen molar-refractivity contribution in [2.45, 2.75) is 13.5 Å².